The number of carbonyl (C=O) groups is 2. The predicted molar refractivity (Wildman–Crippen MR) is 75.6 cm³/mol. The van der Waals surface area contributed by atoms with Crippen molar-refractivity contribution in [3.63, 3.8) is 0 Å². The maximum Gasteiger partial charge on any atom is 0.315 e. The van der Waals surface area contributed by atoms with Gasteiger partial charge in [-0.2, -0.15) is 0 Å². The van der Waals surface area contributed by atoms with Crippen molar-refractivity contribution >= 4 is 12.0 Å². The smallest absolute Gasteiger partial charge is 0.315 e. The molecule has 1 heterocycles. The third-order valence-electron chi connectivity index (χ3n) is 3.54. The molecular formula is C14H26N2O4. The summed E-state index contributed by atoms with van der Waals surface area (Å²) in [5, 5.41) is 14.3. The highest BCUT2D eigenvalue weighted by Crippen LogP contribution is 2.14. The number of carboxylic acids is 1. The van der Waals surface area contributed by atoms with E-state index in [2.05, 4.69) is 10.6 Å². The molecular weight excluding hydrogens is 260 g/mol. The quantitative estimate of drug-likeness (QED) is 0.665. The van der Waals surface area contributed by atoms with E-state index < -0.39 is 5.97 Å². The number of hydrogen-bond donors (Lipinski definition) is 3. The van der Waals surface area contributed by atoms with E-state index in [1.807, 2.05) is 13.8 Å². The zero-order valence-corrected chi connectivity index (χ0v) is 12.4. The minimum absolute atomic E-state index is 0.0587. The number of ether oxygens (including phenoxy) is 1. The summed E-state index contributed by atoms with van der Waals surface area (Å²) in [4.78, 5) is 22.5. The molecule has 1 rings (SSSR count). The van der Waals surface area contributed by atoms with Crippen LogP contribution in [0.1, 0.15) is 46.0 Å². The maximum atomic E-state index is 11.7. The maximum absolute atomic E-state index is 11.7. The Balaban J connectivity index is 2.21. The monoisotopic (exact) mass is 286 g/mol. The van der Waals surface area contributed by atoms with Gasteiger partial charge in [-0.1, -0.05) is 13.8 Å². The van der Waals surface area contributed by atoms with E-state index in [0.29, 0.717) is 6.54 Å². The standard InChI is InChI=1S/C14H26N2O4/c1-10(2)12(9-13(17)18)16-14(19)15-7-6-11-5-3-4-8-20-11/h10-12H,3-9H2,1-2H3,(H,17,18)(H2,15,16,19). The first-order chi connectivity index (χ1) is 9.49. The van der Waals surface area contributed by atoms with Gasteiger partial charge in [0.1, 0.15) is 0 Å². The molecule has 1 fully saturated rings. The van der Waals surface area contributed by atoms with Gasteiger partial charge in [0.05, 0.1) is 12.5 Å². The van der Waals surface area contributed by atoms with Crippen molar-refractivity contribution in [3.8, 4) is 0 Å². The van der Waals surface area contributed by atoms with Crippen molar-refractivity contribution in [2.45, 2.75) is 58.1 Å². The van der Waals surface area contributed by atoms with Crippen LogP contribution in [0.25, 0.3) is 0 Å². The Morgan fingerprint density at radius 3 is 2.65 bits per heavy atom. The number of hydrogen-bond acceptors (Lipinski definition) is 3. The molecule has 0 spiro atoms. The lowest BCUT2D eigenvalue weighted by Crippen LogP contribution is -2.46. The van der Waals surface area contributed by atoms with E-state index in [1.165, 1.54) is 6.42 Å². The second-order valence-corrected chi connectivity index (χ2v) is 5.63. The number of nitrogens with one attached hydrogen (secondary N) is 2. The molecule has 1 aliphatic rings. The molecule has 0 radical (unpaired) electrons. The minimum atomic E-state index is -0.903. The lowest BCUT2D eigenvalue weighted by Gasteiger charge is -2.23. The van der Waals surface area contributed by atoms with Crippen molar-refractivity contribution in [1.29, 1.82) is 0 Å². The van der Waals surface area contributed by atoms with Gasteiger partial charge in [-0.05, 0) is 31.6 Å². The molecule has 0 bridgehead atoms. The van der Waals surface area contributed by atoms with Gasteiger partial charge < -0.3 is 20.5 Å². The minimum Gasteiger partial charge on any atom is -0.481 e. The second kappa shape index (κ2) is 8.79. The number of rotatable bonds is 7. The summed E-state index contributed by atoms with van der Waals surface area (Å²) in [5.74, 6) is -0.821. The number of amides is 2. The van der Waals surface area contributed by atoms with Crippen molar-refractivity contribution in [2.75, 3.05) is 13.2 Å². The van der Waals surface area contributed by atoms with E-state index in [9.17, 15) is 9.59 Å². The van der Waals surface area contributed by atoms with Crippen LogP contribution in [-0.2, 0) is 9.53 Å². The Labute approximate surface area is 120 Å². The van der Waals surface area contributed by atoms with E-state index in [0.717, 1.165) is 25.9 Å². The van der Waals surface area contributed by atoms with Crippen LogP contribution >= 0.6 is 0 Å². The largest absolute Gasteiger partial charge is 0.481 e. The Bertz CT molecular complexity index is 314. The van der Waals surface area contributed by atoms with Gasteiger partial charge in [0, 0.05) is 19.2 Å². The molecule has 6 nitrogen and oxygen atoms in total. The van der Waals surface area contributed by atoms with Crippen LogP contribution in [0.2, 0.25) is 0 Å². The molecule has 1 aliphatic heterocycles. The highest BCUT2D eigenvalue weighted by atomic mass is 16.5. The zero-order valence-electron chi connectivity index (χ0n) is 12.4. The summed E-state index contributed by atoms with van der Waals surface area (Å²) < 4.78 is 5.58. The van der Waals surface area contributed by atoms with E-state index in [1.54, 1.807) is 0 Å². The lowest BCUT2D eigenvalue weighted by molar-refractivity contribution is -0.137. The Hall–Kier alpha value is -1.30. The molecule has 0 aromatic heterocycles. The average Bonchev–Trinajstić information content (AvgIpc) is 2.38. The third-order valence-corrected chi connectivity index (χ3v) is 3.54. The number of urea groups is 1. The first kappa shape index (κ1) is 16.8. The number of carbonyl (C=O) groups excluding carboxylic acids is 1. The van der Waals surface area contributed by atoms with E-state index >= 15 is 0 Å². The molecule has 2 atom stereocenters. The van der Waals surface area contributed by atoms with Crippen LogP contribution in [0.5, 0.6) is 0 Å². The molecule has 20 heavy (non-hydrogen) atoms. The van der Waals surface area contributed by atoms with E-state index in [-0.39, 0.29) is 30.5 Å². The Morgan fingerprint density at radius 2 is 2.10 bits per heavy atom. The van der Waals surface area contributed by atoms with Gasteiger partial charge in [-0.25, -0.2) is 4.79 Å². The first-order valence-corrected chi connectivity index (χ1v) is 7.36. The SMILES string of the molecule is CC(C)C(CC(=O)O)NC(=O)NCCC1CCCCO1. The second-order valence-electron chi connectivity index (χ2n) is 5.63. The molecule has 2 unspecified atom stereocenters. The summed E-state index contributed by atoms with van der Waals surface area (Å²) in [6.45, 7) is 5.15. The van der Waals surface area contributed by atoms with Crippen molar-refractivity contribution in [3.05, 3.63) is 0 Å². The van der Waals surface area contributed by atoms with Gasteiger partial charge in [-0.3, -0.25) is 4.79 Å². The molecule has 1 saturated heterocycles. The highest BCUT2D eigenvalue weighted by Gasteiger charge is 2.19. The molecule has 0 aromatic carbocycles. The average molecular weight is 286 g/mol. The molecule has 2 amide bonds. The van der Waals surface area contributed by atoms with Gasteiger partial charge in [-0.15, -0.1) is 0 Å². The summed E-state index contributed by atoms with van der Waals surface area (Å²) in [7, 11) is 0. The summed E-state index contributed by atoms with van der Waals surface area (Å²) >= 11 is 0. The van der Waals surface area contributed by atoms with E-state index in [4.69, 9.17) is 9.84 Å². The summed E-state index contributed by atoms with van der Waals surface area (Å²) in [6.07, 6.45) is 4.34. The van der Waals surface area contributed by atoms with Crippen molar-refractivity contribution in [1.82, 2.24) is 10.6 Å². The fourth-order valence-electron chi connectivity index (χ4n) is 2.24. The van der Waals surface area contributed by atoms with Crippen LogP contribution < -0.4 is 10.6 Å². The Kier molecular flexibility index (Phi) is 7.36. The fraction of sp³-hybridized carbons (Fsp3) is 0.857. The van der Waals surface area contributed by atoms with Crippen LogP contribution in [-0.4, -0.2) is 42.4 Å². The normalized spacial score (nSPS) is 20.4. The molecule has 0 aromatic rings. The summed E-state index contributed by atoms with van der Waals surface area (Å²) in [6, 6.07) is -0.654. The van der Waals surface area contributed by atoms with Crippen LogP contribution in [0, 0.1) is 5.92 Å². The number of aliphatic carboxylic acids is 1. The highest BCUT2D eigenvalue weighted by molar-refractivity contribution is 5.75. The van der Waals surface area contributed by atoms with Gasteiger partial charge in [0.15, 0.2) is 0 Å². The van der Waals surface area contributed by atoms with Crippen molar-refractivity contribution in [2.24, 2.45) is 5.92 Å². The topological polar surface area (TPSA) is 87.7 Å². The van der Waals surface area contributed by atoms with Crippen LogP contribution in [0.4, 0.5) is 4.79 Å². The predicted octanol–water partition coefficient (Wildman–Crippen LogP) is 1.74. The number of carboxylic acid groups (broad SMARTS) is 1. The lowest BCUT2D eigenvalue weighted by atomic mass is 10.0. The van der Waals surface area contributed by atoms with Gasteiger partial charge in [0.2, 0.25) is 0 Å². The molecule has 0 saturated carbocycles. The summed E-state index contributed by atoms with van der Waals surface area (Å²) in [5.41, 5.74) is 0. The van der Waals surface area contributed by atoms with Gasteiger partial charge in [0.25, 0.3) is 0 Å². The third kappa shape index (κ3) is 6.75. The fourth-order valence-corrected chi connectivity index (χ4v) is 2.24. The van der Waals surface area contributed by atoms with Crippen molar-refractivity contribution < 1.29 is 19.4 Å². The molecule has 6 heteroatoms. The van der Waals surface area contributed by atoms with Gasteiger partial charge >= 0.3 is 12.0 Å². The molecule has 116 valence electrons. The zero-order chi connectivity index (χ0) is 15.0. The molecule has 3 N–H and O–H groups in total. The van der Waals surface area contributed by atoms with Crippen LogP contribution in [0.15, 0.2) is 0 Å². The first-order valence-electron chi connectivity index (χ1n) is 7.36. The Morgan fingerprint density at radius 1 is 1.35 bits per heavy atom. The van der Waals surface area contributed by atoms with Crippen LogP contribution in [0.3, 0.4) is 0 Å². The molecule has 0 aliphatic carbocycles.